The third-order valence-electron chi connectivity index (χ3n) is 7.67. The minimum atomic E-state index is -1.18. The highest BCUT2D eigenvalue weighted by Gasteiger charge is 2.49. The Morgan fingerprint density at radius 1 is 1.10 bits per heavy atom. The maximum Gasteiger partial charge on any atom is 0.211 e. The van der Waals surface area contributed by atoms with Gasteiger partial charge in [-0.1, -0.05) is 29.4 Å². The van der Waals surface area contributed by atoms with Crippen LogP contribution in [0.1, 0.15) is 50.9 Å². The molecule has 204 valence electrons. The fraction of sp³-hybridized carbons (Fsp3) is 0.407. The van der Waals surface area contributed by atoms with Crippen LogP contribution in [0, 0.1) is 5.41 Å². The van der Waals surface area contributed by atoms with Gasteiger partial charge in [-0.2, -0.15) is 0 Å². The van der Waals surface area contributed by atoms with Crippen molar-refractivity contribution in [1.29, 1.82) is 0 Å². The topological polar surface area (TPSA) is 114 Å². The van der Waals surface area contributed by atoms with E-state index in [4.69, 9.17) is 27.3 Å². The molecule has 9 nitrogen and oxygen atoms in total. The van der Waals surface area contributed by atoms with Gasteiger partial charge in [-0.05, 0) is 63.1 Å². The molecule has 0 bridgehead atoms. The minimum Gasteiger partial charge on any atom is -0.382 e. The van der Waals surface area contributed by atoms with E-state index in [1.54, 1.807) is 12.4 Å². The number of anilines is 2. The molecule has 0 aromatic carbocycles. The van der Waals surface area contributed by atoms with Crippen molar-refractivity contribution in [2.45, 2.75) is 60.6 Å². The second kappa shape index (κ2) is 10.0. The number of nitrogen functional groups attached to an aromatic ring is 1. The lowest BCUT2D eigenvalue weighted by molar-refractivity contribution is 0.176. The summed E-state index contributed by atoms with van der Waals surface area (Å²) >= 11 is 7.86. The van der Waals surface area contributed by atoms with E-state index in [1.165, 1.54) is 17.3 Å². The highest BCUT2D eigenvalue weighted by Crippen LogP contribution is 2.52. The zero-order valence-corrected chi connectivity index (χ0v) is 24.5. The van der Waals surface area contributed by atoms with Crippen molar-refractivity contribution < 1.29 is 4.21 Å². The first-order valence-corrected chi connectivity index (χ1v) is 15.3. The summed E-state index contributed by atoms with van der Waals surface area (Å²) in [6.45, 7) is 7.67. The molecular formula is C27H31ClN8OS2. The summed E-state index contributed by atoms with van der Waals surface area (Å²) in [5.41, 5.74) is 8.96. The van der Waals surface area contributed by atoms with Crippen LogP contribution in [0.25, 0.3) is 5.65 Å². The molecule has 1 aliphatic carbocycles. The molecule has 1 fully saturated rings. The lowest BCUT2D eigenvalue weighted by Gasteiger charge is -2.44. The zero-order chi connectivity index (χ0) is 27.4. The minimum absolute atomic E-state index is 0.000884. The van der Waals surface area contributed by atoms with Gasteiger partial charge in [0.1, 0.15) is 5.82 Å². The second-order valence-electron chi connectivity index (χ2n) is 11.2. The third kappa shape index (κ3) is 4.79. The van der Waals surface area contributed by atoms with Gasteiger partial charge in [-0.15, -0.1) is 0 Å². The number of nitrogens with two attached hydrogens (primary N) is 1. The summed E-state index contributed by atoms with van der Waals surface area (Å²) in [6, 6.07) is 5.96. The van der Waals surface area contributed by atoms with Crippen molar-refractivity contribution in [3.63, 3.8) is 0 Å². The van der Waals surface area contributed by atoms with Gasteiger partial charge in [0.2, 0.25) is 5.95 Å². The summed E-state index contributed by atoms with van der Waals surface area (Å²) < 4.78 is 18.4. The van der Waals surface area contributed by atoms with Crippen molar-refractivity contribution in [3.8, 4) is 0 Å². The largest absolute Gasteiger partial charge is 0.382 e. The predicted octanol–water partition coefficient (Wildman–Crippen LogP) is 4.84. The lowest BCUT2D eigenvalue weighted by atomic mass is 9.73. The summed E-state index contributed by atoms with van der Waals surface area (Å²) in [5, 5.41) is 0.431. The molecule has 1 aliphatic heterocycles. The number of halogens is 1. The summed E-state index contributed by atoms with van der Waals surface area (Å²) in [4.78, 5) is 22.2. The molecule has 6 rings (SSSR count). The highest BCUT2D eigenvalue weighted by atomic mass is 35.5. The fourth-order valence-corrected chi connectivity index (χ4v) is 7.62. The highest BCUT2D eigenvalue weighted by molar-refractivity contribution is 7.99. The molecule has 4 aromatic rings. The van der Waals surface area contributed by atoms with Crippen LogP contribution in [0.3, 0.4) is 0 Å². The van der Waals surface area contributed by atoms with Gasteiger partial charge in [0.05, 0.1) is 31.7 Å². The fourth-order valence-electron chi connectivity index (χ4n) is 5.54. The Hall–Kier alpha value is -2.73. The van der Waals surface area contributed by atoms with E-state index < -0.39 is 11.0 Å². The van der Waals surface area contributed by atoms with Crippen LogP contribution in [-0.4, -0.2) is 46.4 Å². The first-order valence-electron chi connectivity index (χ1n) is 12.9. The molecule has 0 amide bonds. The number of fused-ring (bicyclic) bond motifs is 2. The number of hydrogen-bond donors (Lipinski definition) is 2. The van der Waals surface area contributed by atoms with Gasteiger partial charge in [0.25, 0.3) is 0 Å². The number of hydrogen-bond acceptors (Lipinski definition) is 8. The second-order valence-corrected chi connectivity index (χ2v) is 14.6. The SMILES string of the molecule is CC(C)(C)[S@@](=O)N[C@@H]1c2cccnc2CC12CCN(c1ncc(Sc3ccnc(N)c3Cl)c3nccn13)CC2. The Morgan fingerprint density at radius 2 is 1.90 bits per heavy atom. The van der Waals surface area contributed by atoms with E-state index in [1.807, 2.05) is 55.9 Å². The first kappa shape index (κ1) is 26.5. The molecule has 2 atom stereocenters. The van der Waals surface area contributed by atoms with Gasteiger partial charge in [0, 0.05) is 54.7 Å². The maximum absolute atomic E-state index is 13.2. The summed E-state index contributed by atoms with van der Waals surface area (Å²) in [7, 11) is -1.18. The molecule has 2 aliphatic rings. The first-order chi connectivity index (χ1) is 18.7. The maximum atomic E-state index is 13.2. The summed E-state index contributed by atoms with van der Waals surface area (Å²) in [6.07, 6.45) is 11.8. The van der Waals surface area contributed by atoms with Crippen molar-refractivity contribution in [2.75, 3.05) is 23.7 Å². The summed E-state index contributed by atoms with van der Waals surface area (Å²) in [5.74, 6) is 1.16. The van der Waals surface area contributed by atoms with Crippen LogP contribution in [0.15, 0.2) is 59.0 Å². The molecule has 4 aromatic heterocycles. The van der Waals surface area contributed by atoms with E-state index in [0.29, 0.717) is 10.8 Å². The molecule has 0 saturated carbocycles. The van der Waals surface area contributed by atoms with E-state index >= 15 is 0 Å². The number of imidazole rings is 1. The zero-order valence-electron chi connectivity index (χ0n) is 22.1. The molecular weight excluding hydrogens is 552 g/mol. The predicted molar refractivity (Wildman–Crippen MR) is 156 cm³/mol. The number of piperidine rings is 1. The van der Waals surface area contributed by atoms with Crippen LogP contribution < -0.4 is 15.4 Å². The Balaban J connectivity index is 1.25. The van der Waals surface area contributed by atoms with Crippen LogP contribution in [0.4, 0.5) is 11.8 Å². The van der Waals surface area contributed by atoms with E-state index in [0.717, 1.165) is 59.4 Å². The van der Waals surface area contributed by atoms with Gasteiger partial charge in [0.15, 0.2) is 5.65 Å². The van der Waals surface area contributed by atoms with Crippen molar-refractivity contribution in [1.82, 2.24) is 29.1 Å². The Labute approximate surface area is 239 Å². The van der Waals surface area contributed by atoms with Crippen LogP contribution in [-0.2, 0) is 17.4 Å². The molecule has 0 unspecified atom stereocenters. The molecule has 12 heteroatoms. The van der Waals surface area contributed by atoms with Crippen LogP contribution in [0.5, 0.6) is 0 Å². The average Bonchev–Trinajstić information content (AvgIpc) is 3.51. The van der Waals surface area contributed by atoms with Crippen molar-refractivity contribution in [2.24, 2.45) is 5.41 Å². The van der Waals surface area contributed by atoms with E-state index in [9.17, 15) is 4.21 Å². The monoisotopic (exact) mass is 582 g/mol. The number of aromatic nitrogens is 5. The Morgan fingerprint density at radius 3 is 2.67 bits per heavy atom. The standard InChI is InChI=1S/C27H31ClN8OS2/c1-26(2,3)39(37)34-22-17-5-4-9-30-18(17)15-27(22)7-12-35(13-8-27)25-33-16-20(24-32-11-14-36(24)25)38-19-6-10-31-23(29)21(19)28/h4-6,9-11,14,16,22,34H,7-8,12-13,15H2,1-3H3,(H2,29,31)/t22-,39-/m1/s1. The molecule has 0 radical (unpaired) electrons. The van der Waals surface area contributed by atoms with Crippen molar-refractivity contribution in [3.05, 3.63) is 65.5 Å². The Bertz CT molecular complexity index is 1560. The van der Waals surface area contributed by atoms with E-state index in [2.05, 4.69) is 25.7 Å². The van der Waals surface area contributed by atoms with Gasteiger partial charge < -0.3 is 10.6 Å². The quantitative estimate of drug-likeness (QED) is 0.343. The van der Waals surface area contributed by atoms with Crippen LogP contribution >= 0.6 is 23.4 Å². The number of rotatable bonds is 5. The average molecular weight is 583 g/mol. The molecule has 1 spiro atoms. The van der Waals surface area contributed by atoms with Crippen molar-refractivity contribution >= 4 is 51.8 Å². The van der Waals surface area contributed by atoms with Gasteiger partial charge in [-0.3, -0.25) is 9.38 Å². The number of pyridine rings is 2. The molecule has 3 N–H and O–H groups in total. The van der Waals surface area contributed by atoms with Gasteiger partial charge in [-0.25, -0.2) is 23.9 Å². The molecule has 39 heavy (non-hydrogen) atoms. The normalized spacial score (nSPS) is 19.5. The van der Waals surface area contributed by atoms with Crippen LogP contribution in [0.2, 0.25) is 5.02 Å². The third-order valence-corrected chi connectivity index (χ3v) is 10.8. The van der Waals surface area contributed by atoms with Gasteiger partial charge >= 0.3 is 0 Å². The molecule has 5 heterocycles. The lowest BCUT2D eigenvalue weighted by Crippen LogP contribution is -2.48. The Kier molecular flexibility index (Phi) is 6.81. The molecule has 1 saturated heterocycles. The number of nitrogens with zero attached hydrogens (tertiary/aromatic N) is 6. The van der Waals surface area contributed by atoms with E-state index in [-0.39, 0.29) is 16.2 Å². The number of nitrogens with one attached hydrogen (secondary N) is 1. The smallest absolute Gasteiger partial charge is 0.211 e.